The molecule has 0 atom stereocenters. The van der Waals surface area contributed by atoms with E-state index in [0.29, 0.717) is 0 Å². The maximum absolute atomic E-state index is 11.9. The highest BCUT2D eigenvalue weighted by Crippen LogP contribution is 2.25. The minimum Gasteiger partial charge on any atom is -0.369 e. The Labute approximate surface area is 120 Å². The molecule has 1 aromatic carbocycles. The van der Waals surface area contributed by atoms with Crippen LogP contribution < -0.4 is 11.1 Å². The first kappa shape index (κ1) is 15.9. The van der Waals surface area contributed by atoms with Crippen LogP contribution in [0.1, 0.15) is 24.2 Å². The number of carbonyl (C=O) groups excluding carboxylic acids is 2. The molecule has 20 heavy (non-hydrogen) atoms. The highest BCUT2D eigenvalue weighted by molar-refractivity contribution is 6.32. The van der Waals surface area contributed by atoms with Crippen LogP contribution in [0.2, 0.25) is 5.02 Å². The van der Waals surface area contributed by atoms with Crippen LogP contribution in [0.25, 0.3) is 0 Å². The molecule has 0 spiro atoms. The molecule has 2 amide bonds. The molecule has 7 nitrogen and oxygen atoms in total. The lowest BCUT2D eigenvalue weighted by atomic mass is 9.92. The molecule has 1 rings (SSSR count). The quantitative estimate of drug-likeness (QED) is 0.633. The molecule has 0 bridgehead atoms. The molecule has 0 fully saturated rings. The third kappa shape index (κ3) is 3.67. The van der Waals surface area contributed by atoms with Crippen LogP contribution in [-0.4, -0.2) is 23.3 Å². The highest BCUT2D eigenvalue weighted by atomic mass is 35.5. The molecule has 3 N–H and O–H groups in total. The molecule has 8 heteroatoms. The third-order valence-electron chi connectivity index (χ3n) is 2.76. The number of nitrogens with one attached hydrogen (secondary N) is 1. The zero-order valence-electron chi connectivity index (χ0n) is 11.0. The number of rotatable bonds is 5. The summed E-state index contributed by atoms with van der Waals surface area (Å²) in [6.45, 7) is 3.19. The van der Waals surface area contributed by atoms with Crippen LogP contribution in [0.15, 0.2) is 18.2 Å². The summed E-state index contributed by atoms with van der Waals surface area (Å²) in [5.41, 5.74) is 4.00. The molecule has 1 aromatic rings. The third-order valence-corrected chi connectivity index (χ3v) is 3.08. The summed E-state index contributed by atoms with van der Waals surface area (Å²) in [7, 11) is 0. The second kappa shape index (κ2) is 5.87. The summed E-state index contributed by atoms with van der Waals surface area (Å²) in [4.78, 5) is 33.1. The Hall–Kier alpha value is -2.15. The number of halogens is 1. The fourth-order valence-electron chi connectivity index (χ4n) is 1.28. The van der Waals surface area contributed by atoms with E-state index in [2.05, 4.69) is 5.32 Å². The minimum absolute atomic E-state index is 0.0254. The number of hydrogen-bond donors (Lipinski definition) is 2. The van der Waals surface area contributed by atoms with Crippen molar-refractivity contribution in [3.8, 4) is 0 Å². The fourth-order valence-corrected chi connectivity index (χ4v) is 1.47. The zero-order chi connectivity index (χ0) is 15.5. The topological polar surface area (TPSA) is 115 Å². The number of benzene rings is 1. The first-order valence-corrected chi connectivity index (χ1v) is 6.05. The average molecular weight is 300 g/mol. The van der Waals surface area contributed by atoms with Gasteiger partial charge in [0.2, 0.25) is 5.91 Å². The Bertz CT molecular complexity index is 572. The molecule has 0 unspecified atom stereocenters. The minimum atomic E-state index is -0.909. The van der Waals surface area contributed by atoms with Crippen LogP contribution in [0.4, 0.5) is 5.69 Å². The van der Waals surface area contributed by atoms with Gasteiger partial charge in [-0.3, -0.25) is 19.7 Å². The summed E-state index contributed by atoms with van der Waals surface area (Å²) in [5, 5.41) is 13.2. The van der Waals surface area contributed by atoms with Crippen molar-refractivity contribution in [2.75, 3.05) is 6.54 Å². The molecule has 0 aliphatic heterocycles. The molecular weight excluding hydrogens is 286 g/mol. The maximum atomic E-state index is 11.9. The van der Waals surface area contributed by atoms with Crippen LogP contribution >= 0.6 is 11.6 Å². The van der Waals surface area contributed by atoms with Crippen molar-refractivity contribution in [3.05, 3.63) is 38.9 Å². The SMILES string of the molecule is CC(C)(CNC(=O)c1ccc(Cl)c([N+](=O)[O-])c1)C(N)=O. The molecular formula is C12H14ClN3O4. The Morgan fingerprint density at radius 3 is 2.55 bits per heavy atom. The number of hydrogen-bond acceptors (Lipinski definition) is 4. The molecule has 0 aliphatic carbocycles. The van der Waals surface area contributed by atoms with Gasteiger partial charge in [-0.2, -0.15) is 0 Å². The van der Waals surface area contributed by atoms with E-state index in [1.54, 1.807) is 13.8 Å². The van der Waals surface area contributed by atoms with Gasteiger partial charge in [0.1, 0.15) is 5.02 Å². The van der Waals surface area contributed by atoms with Crippen molar-refractivity contribution in [2.45, 2.75) is 13.8 Å². The van der Waals surface area contributed by atoms with Crippen molar-refractivity contribution >= 4 is 29.1 Å². The summed E-state index contributed by atoms with van der Waals surface area (Å²) >= 11 is 5.65. The predicted molar refractivity (Wildman–Crippen MR) is 73.4 cm³/mol. The Morgan fingerprint density at radius 1 is 1.45 bits per heavy atom. The number of carbonyl (C=O) groups is 2. The molecule has 0 saturated heterocycles. The van der Waals surface area contributed by atoms with Crippen molar-refractivity contribution in [2.24, 2.45) is 11.1 Å². The van der Waals surface area contributed by atoms with Gasteiger partial charge < -0.3 is 11.1 Å². The average Bonchev–Trinajstić information content (AvgIpc) is 2.36. The molecule has 0 heterocycles. The normalized spacial score (nSPS) is 10.9. The number of nitro benzene ring substituents is 1. The standard InChI is InChI=1S/C12H14ClN3O4/c1-12(2,11(14)18)6-15-10(17)7-3-4-8(13)9(5-7)16(19)20/h3-5H,6H2,1-2H3,(H2,14,18)(H,15,17). The number of nitrogens with two attached hydrogens (primary N) is 1. The van der Waals surface area contributed by atoms with Crippen LogP contribution in [0, 0.1) is 15.5 Å². The second-order valence-corrected chi connectivity index (χ2v) is 5.26. The van der Waals surface area contributed by atoms with E-state index < -0.39 is 22.2 Å². The van der Waals surface area contributed by atoms with E-state index in [9.17, 15) is 19.7 Å². The summed E-state index contributed by atoms with van der Waals surface area (Å²) in [6.07, 6.45) is 0. The van der Waals surface area contributed by atoms with Crippen molar-refractivity contribution in [1.29, 1.82) is 0 Å². The van der Waals surface area contributed by atoms with E-state index >= 15 is 0 Å². The number of primary amides is 1. The first-order chi connectivity index (χ1) is 9.15. The smallest absolute Gasteiger partial charge is 0.288 e. The molecule has 0 aromatic heterocycles. The van der Waals surface area contributed by atoms with Crippen LogP contribution in [-0.2, 0) is 4.79 Å². The van der Waals surface area contributed by atoms with Gasteiger partial charge in [-0.25, -0.2) is 0 Å². The monoisotopic (exact) mass is 299 g/mol. The molecule has 108 valence electrons. The van der Waals surface area contributed by atoms with Crippen LogP contribution in [0.5, 0.6) is 0 Å². The van der Waals surface area contributed by atoms with Gasteiger partial charge in [-0.1, -0.05) is 11.6 Å². The lowest BCUT2D eigenvalue weighted by molar-refractivity contribution is -0.384. The Morgan fingerprint density at radius 2 is 2.05 bits per heavy atom. The number of nitrogens with zero attached hydrogens (tertiary/aromatic N) is 1. The van der Waals surface area contributed by atoms with Gasteiger partial charge in [0.05, 0.1) is 10.3 Å². The van der Waals surface area contributed by atoms with Gasteiger partial charge in [0.15, 0.2) is 0 Å². The summed E-state index contributed by atoms with van der Waals surface area (Å²) in [5.74, 6) is -1.10. The lowest BCUT2D eigenvalue weighted by Crippen LogP contribution is -2.42. The summed E-state index contributed by atoms with van der Waals surface area (Å²) < 4.78 is 0. The van der Waals surface area contributed by atoms with E-state index in [1.165, 1.54) is 12.1 Å². The molecule has 0 saturated carbocycles. The van der Waals surface area contributed by atoms with Gasteiger partial charge in [-0.15, -0.1) is 0 Å². The van der Waals surface area contributed by atoms with Gasteiger partial charge >= 0.3 is 0 Å². The van der Waals surface area contributed by atoms with Crippen molar-refractivity contribution < 1.29 is 14.5 Å². The van der Waals surface area contributed by atoms with Gasteiger partial charge in [0, 0.05) is 18.2 Å². The van der Waals surface area contributed by atoms with Gasteiger partial charge in [0.25, 0.3) is 11.6 Å². The Balaban J connectivity index is 2.86. The zero-order valence-corrected chi connectivity index (χ0v) is 11.7. The van der Waals surface area contributed by atoms with Crippen LogP contribution in [0.3, 0.4) is 0 Å². The first-order valence-electron chi connectivity index (χ1n) is 5.67. The number of amides is 2. The molecule has 0 radical (unpaired) electrons. The predicted octanol–water partition coefficient (Wildman–Crippen LogP) is 1.49. The highest BCUT2D eigenvalue weighted by Gasteiger charge is 2.26. The van der Waals surface area contributed by atoms with Crippen molar-refractivity contribution in [1.82, 2.24) is 5.32 Å². The summed E-state index contributed by atoms with van der Waals surface area (Å²) in [6, 6.07) is 3.71. The maximum Gasteiger partial charge on any atom is 0.288 e. The van der Waals surface area contributed by atoms with E-state index in [1.807, 2.05) is 0 Å². The largest absolute Gasteiger partial charge is 0.369 e. The van der Waals surface area contributed by atoms with Gasteiger partial charge in [-0.05, 0) is 26.0 Å². The van der Waals surface area contributed by atoms with E-state index in [0.717, 1.165) is 6.07 Å². The number of nitro groups is 1. The van der Waals surface area contributed by atoms with E-state index in [-0.39, 0.29) is 22.8 Å². The second-order valence-electron chi connectivity index (χ2n) is 4.85. The molecule has 0 aliphatic rings. The van der Waals surface area contributed by atoms with E-state index in [4.69, 9.17) is 17.3 Å². The fraction of sp³-hybridized carbons (Fsp3) is 0.333. The Kier molecular flexibility index (Phi) is 4.67. The lowest BCUT2D eigenvalue weighted by Gasteiger charge is -2.20. The van der Waals surface area contributed by atoms with Crippen molar-refractivity contribution in [3.63, 3.8) is 0 Å².